The Bertz CT molecular complexity index is 382. The molecule has 1 heterocycles. The molecule has 4 nitrogen and oxygen atoms in total. The fourth-order valence-corrected chi connectivity index (χ4v) is 2.01. The molecule has 0 aliphatic rings. The molecule has 19 heavy (non-hydrogen) atoms. The topological polar surface area (TPSA) is 59.2 Å². The molecule has 1 unspecified atom stereocenters. The van der Waals surface area contributed by atoms with E-state index < -0.39 is 5.54 Å². The first-order valence-corrected chi connectivity index (χ1v) is 6.40. The van der Waals surface area contributed by atoms with E-state index in [0.29, 0.717) is 13.0 Å². The van der Waals surface area contributed by atoms with Gasteiger partial charge in [0.05, 0.1) is 5.54 Å². The lowest BCUT2D eigenvalue weighted by atomic mass is 9.96. The number of nitrogens with two attached hydrogens (primary N) is 1. The number of pyridine rings is 1. The molecule has 1 rings (SSSR count). The first-order chi connectivity index (χ1) is 8.47. The summed E-state index contributed by atoms with van der Waals surface area (Å²) in [4.78, 5) is 17.9. The Balaban J connectivity index is 0.00000324. The number of nitrogens with zero attached hydrogens (tertiary/aromatic N) is 2. The first kappa shape index (κ1) is 17.9. The Morgan fingerprint density at radius 1 is 1.42 bits per heavy atom. The van der Waals surface area contributed by atoms with E-state index in [1.54, 1.807) is 17.3 Å². The fourth-order valence-electron chi connectivity index (χ4n) is 2.01. The van der Waals surface area contributed by atoms with Gasteiger partial charge >= 0.3 is 0 Å². The van der Waals surface area contributed by atoms with E-state index in [1.807, 2.05) is 33.0 Å². The molecular formula is C14H24ClN3O. The van der Waals surface area contributed by atoms with Crippen LogP contribution in [0.15, 0.2) is 24.5 Å². The van der Waals surface area contributed by atoms with Crippen LogP contribution in [0.3, 0.4) is 0 Å². The van der Waals surface area contributed by atoms with Crippen molar-refractivity contribution in [2.24, 2.45) is 5.73 Å². The van der Waals surface area contributed by atoms with Crippen molar-refractivity contribution in [2.75, 3.05) is 13.6 Å². The van der Waals surface area contributed by atoms with E-state index in [9.17, 15) is 4.79 Å². The van der Waals surface area contributed by atoms with Crippen molar-refractivity contribution >= 4 is 18.3 Å². The lowest BCUT2D eigenvalue weighted by Crippen LogP contribution is -2.52. The van der Waals surface area contributed by atoms with Gasteiger partial charge in [-0.2, -0.15) is 0 Å². The van der Waals surface area contributed by atoms with Crippen LogP contribution in [0.4, 0.5) is 0 Å². The highest BCUT2D eigenvalue weighted by Gasteiger charge is 2.29. The third-order valence-corrected chi connectivity index (χ3v) is 3.09. The van der Waals surface area contributed by atoms with Crippen LogP contribution >= 0.6 is 12.4 Å². The number of hydrogen-bond acceptors (Lipinski definition) is 3. The number of carbonyl (C=O) groups excluding carboxylic acids is 1. The maximum atomic E-state index is 12.2. The maximum absolute atomic E-state index is 12.2. The second kappa shape index (κ2) is 8.12. The third-order valence-electron chi connectivity index (χ3n) is 3.09. The van der Waals surface area contributed by atoms with Crippen molar-refractivity contribution in [3.63, 3.8) is 0 Å². The summed E-state index contributed by atoms with van der Waals surface area (Å²) in [6.07, 6.45) is 5.98. The number of carbonyl (C=O) groups is 1. The Kier molecular flexibility index (Phi) is 7.64. The Labute approximate surface area is 121 Å². The zero-order valence-electron chi connectivity index (χ0n) is 11.9. The van der Waals surface area contributed by atoms with E-state index in [1.165, 1.54) is 5.56 Å². The third kappa shape index (κ3) is 5.57. The van der Waals surface area contributed by atoms with Crippen LogP contribution in [0, 0.1) is 0 Å². The van der Waals surface area contributed by atoms with Gasteiger partial charge in [0.25, 0.3) is 0 Å². The summed E-state index contributed by atoms with van der Waals surface area (Å²) in [7, 11) is 1.81. The molecular weight excluding hydrogens is 262 g/mol. The molecule has 5 heteroatoms. The van der Waals surface area contributed by atoms with Gasteiger partial charge in [0, 0.05) is 26.0 Å². The van der Waals surface area contributed by atoms with Crippen LogP contribution in [0.2, 0.25) is 0 Å². The van der Waals surface area contributed by atoms with Crippen LogP contribution in [0.25, 0.3) is 0 Å². The second-order valence-corrected chi connectivity index (χ2v) is 5.00. The predicted octanol–water partition coefficient (Wildman–Crippen LogP) is 2.02. The molecule has 0 saturated carbocycles. The van der Waals surface area contributed by atoms with E-state index in [4.69, 9.17) is 5.73 Å². The number of halogens is 1. The molecule has 0 fully saturated rings. The lowest BCUT2D eigenvalue weighted by Gasteiger charge is -2.29. The van der Waals surface area contributed by atoms with Gasteiger partial charge in [0.1, 0.15) is 0 Å². The van der Waals surface area contributed by atoms with Crippen molar-refractivity contribution in [2.45, 2.75) is 38.6 Å². The smallest absolute Gasteiger partial charge is 0.242 e. The molecule has 0 aliphatic carbocycles. The van der Waals surface area contributed by atoms with Crippen LogP contribution < -0.4 is 5.73 Å². The van der Waals surface area contributed by atoms with Crippen molar-refractivity contribution in [3.8, 4) is 0 Å². The molecule has 108 valence electrons. The maximum Gasteiger partial charge on any atom is 0.242 e. The minimum absolute atomic E-state index is 0. The largest absolute Gasteiger partial charge is 0.344 e. The summed E-state index contributed by atoms with van der Waals surface area (Å²) in [5.74, 6) is 0.0124. The summed E-state index contributed by atoms with van der Waals surface area (Å²) < 4.78 is 0. The molecule has 1 aromatic rings. The van der Waals surface area contributed by atoms with Gasteiger partial charge in [0.15, 0.2) is 0 Å². The van der Waals surface area contributed by atoms with Crippen LogP contribution in [0.5, 0.6) is 0 Å². The minimum atomic E-state index is -0.748. The van der Waals surface area contributed by atoms with E-state index in [2.05, 4.69) is 4.98 Å². The standard InChI is InChI=1S/C14H23N3O.ClH/c1-4-8-14(2,15)13(18)17(3)11-7-12-5-9-16-10-6-12;/h5-6,9-10H,4,7-8,11,15H2,1-3H3;1H. The number of hydrogen-bond donors (Lipinski definition) is 1. The van der Waals surface area contributed by atoms with Gasteiger partial charge in [-0.05, 0) is 37.5 Å². The predicted molar refractivity (Wildman–Crippen MR) is 80.3 cm³/mol. The summed E-state index contributed by atoms with van der Waals surface area (Å²) in [6, 6.07) is 3.93. The Morgan fingerprint density at radius 3 is 2.53 bits per heavy atom. The summed E-state index contributed by atoms with van der Waals surface area (Å²) >= 11 is 0. The van der Waals surface area contributed by atoms with Crippen molar-refractivity contribution in [1.82, 2.24) is 9.88 Å². The minimum Gasteiger partial charge on any atom is -0.344 e. The molecule has 0 saturated heterocycles. The van der Waals surface area contributed by atoms with Gasteiger partial charge in [-0.25, -0.2) is 0 Å². The average molecular weight is 286 g/mol. The van der Waals surface area contributed by atoms with Crippen molar-refractivity contribution < 1.29 is 4.79 Å². The average Bonchev–Trinajstić information content (AvgIpc) is 2.36. The van der Waals surface area contributed by atoms with Gasteiger partial charge in [-0.1, -0.05) is 13.3 Å². The van der Waals surface area contributed by atoms with Crippen LogP contribution in [0.1, 0.15) is 32.3 Å². The molecule has 0 bridgehead atoms. The fraction of sp³-hybridized carbons (Fsp3) is 0.571. The quantitative estimate of drug-likeness (QED) is 0.870. The molecule has 1 amide bonds. The summed E-state index contributed by atoms with van der Waals surface area (Å²) in [5.41, 5.74) is 6.47. The highest BCUT2D eigenvalue weighted by atomic mass is 35.5. The normalized spacial score (nSPS) is 13.3. The van der Waals surface area contributed by atoms with Gasteiger partial charge in [0.2, 0.25) is 5.91 Å². The highest BCUT2D eigenvalue weighted by Crippen LogP contribution is 2.12. The molecule has 0 aliphatic heterocycles. The van der Waals surface area contributed by atoms with E-state index >= 15 is 0 Å². The van der Waals surface area contributed by atoms with Gasteiger partial charge in [-0.3, -0.25) is 9.78 Å². The van der Waals surface area contributed by atoms with Gasteiger partial charge in [-0.15, -0.1) is 12.4 Å². The molecule has 2 N–H and O–H groups in total. The molecule has 0 radical (unpaired) electrons. The lowest BCUT2D eigenvalue weighted by molar-refractivity contribution is -0.135. The monoisotopic (exact) mass is 285 g/mol. The van der Waals surface area contributed by atoms with Crippen LogP contribution in [-0.4, -0.2) is 34.9 Å². The number of aromatic nitrogens is 1. The van der Waals surface area contributed by atoms with E-state index in [-0.39, 0.29) is 18.3 Å². The number of rotatable bonds is 6. The molecule has 0 aromatic carbocycles. The van der Waals surface area contributed by atoms with Crippen molar-refractivity contribution in [1.29, 1.82) is 0 Å². The summed E-state index contributed by atoms with van der Waals surface area (Å²) in [5, 5.41) is 0. The number of likely N-dealkylation sites (N-methyl/N-ethyl adjacent to an activating group) is 1. The Hall–Kier alpha value is -1.13. The SMILES string of the molecule is CCCC(C)(N)C(=O)N(C)CCc1ccncc1.Cl. The summed E-state index contributed by atoms with van der Waals surface area (Å²) in [6.45, 7) is 4.52. The molecule has 0 spiro atoms. The molecule has 1 aromatic heterocycles. The van der Waals surface area contributed by atoms with Gasteiger partial charge < -0.3 is 10.6 Å². The van der Waals surface area contributed by atoms with Crippen LogP contribution in [-0.2, 0) is 11.2 Å². The number of amides is 1. The second-order valence-electron chi connectivity index (χ2n) is 5.00. The zero-order valence-corrected chi connectivity index (χ0v) is 12.7. The van der Waals surface area contributed by atoms with E-state index in [0.717, 1.165) is 12.8 Å². The first-order valence-electron chi connectivity index (χ1n) is 6.40. The molecule has 1 atom stereocenters. The van der Waals surface area contributed by atoms with Crippen molar-refractivity contribution in [3.05, 3.63) is 30.1 Å². The Morgan fingerprint density at radius 2 is 2.00 bits per heavy atom. The highest BCUT2D eigenvalue weighted by molar-refractivity contribution is 5.85. The zero-order chi connectivity index (χ0) is 13.6.